The van der Waals surface area contributed by atoms with Gasteiger partial charge in [-0.05, 0) is 12.2 Å². The summed E-state index contributed by atoms with van der Waals surface area (Å²) < 4.78 is 1.54. The number of nitriles is 1. The molecule has 1 N–H and O–H groups in total. The Balaban J connectivity index is 2.98. The minimum atomic E-state index is -1.35. The topological polar surface area (TPSA) is 44.0 Å². The van der Waals surface area contributed by atoms with Gasteiger partial charge in [0.05, 0.1) is 0 Å². The summed E-state index contributed by atoms with van der Waals surface area (Å²) in [6.07, 6.45) is 3.61. The van der Waals surface area contributed by atoms with Crippen LogP contribution in [-0.4, -0.2) is 10.7 Å². The maximum absolute atomic E-state index is 9.48. The van der Waals surface area contributed by atoms with Crippen LogP contribution in [0.5, 0.6) is 0 Å². The molecule has 58 valence electrons. The minimum Gasteiger partial charge on any atom is -0.372 e. The lowest BCUT2D eigenvalue weighted by atomic mass is 9.97. The van der Waals surface area contributed by atoms with Crippen LogP contribution in [0, 0.1) is 11.3 Å². The standard InChI is InChI=1S/C7H5Br2NO/c8-5-1-6(9)3-7(11,2-5)4-10/h1-2,11H,3H2. The van der Waals surface area contributed by atoms with Crippen molar-refractivity contribution in [2.75, 3.05) is 0 Å². The highest BCUT2D eigenvalue weighted by Gasteiger charge is 2.27. The largest absolute Gasteiger partial charge is 0.372 e. The van der Waals surface area contributed by atoms with Gasteiger partial charge in [-0.15, -0.1) is 0 Å². The van der Waals surface area contributed by atoms with Gasteiger partial charge in [0.15, 0.2) is 5.60 Å². The molecule has 4 heteroatoms. The summed E-state index contributed by atoms with van der Waals surface area (Å²) in [4.78, 5) is 0. The van der Waals surface area contributed by atoms with E-state index in [0.717, 1.165) is 8.96 Å². The molecule has 0 fully saturated rings. The summed E-state index contributed by atoms with van der Waals surface area (Å²) in [7, 11) is 0. The van der Waals surface area contributed by atoms with Crippen molar-refractivity contribution in [1.82, 2.24) is 0 Å². The van der Waals surface area contributed by atoms with Gasteiger partial charge in [0.2, 0.25) is 0 Å². The van der Waals surface area contributed by atoms with Gasteiger partial charge in [0, 0.05) is 15.4 Å². The zero-order valence-corrected chi connectivity index (χ0v) is 8.68. The third-order valence-corrected chi connectivity index (χ3v) is 2.27. The van der Waals surface area contributed by atoms with Crippen molar-refractivity contribution in [1.29, 1.82) is 5.26 Å². The Bertz CT molecular complexity index is 277. The van der Waals surface area contributed by atoms with E-state index in [-0.39, 0.29) is 0 Å². The lowest BCUT2D eigenvalue weighted by Crippen LogP contribution is -2.25. The van der Waals surface area contributed by atoms with E-state index in [1.165, 1.54) is 6.08 Å². The van der Waals surface area contributed by atoms with Crippen molar-refractivity contribution >= 4 is 31.9 Å². The number of rotatable bonds is 0. The molecule has 0 saturated carbocycles. The Morgan fingerprint density at radius 2 is 2.27 bits per heavy atom. The highest BCUT2D eigenvalue weighted by Crippen LogP contribution is 2.31. The number of hydrogen-bond acceptors (Lipinski definition) is 2. The average molecular weight is 279 g/mol. The van der Waals surface area contributed by atoms with Crippen molar-refractivity contribution in [3.8, 4) is 6.07 Å². The SMILES string of the molecule is N#CC1(O)C=C(Br)C=C(Br)C1. The van der Waals surface area contributed by atoms with E-state index in [0.29, 0.717) is 6.42 Å². The molecule has 0 aliphatic heterocycles. The lowest BCUT2D eigenvalue weighted by Gasteiger charge is -2.19. The Hall–Kier alpha value is -0.110. The van der Waals surface area contributed by atoms with Crippen LogP contribution in [0.2, 0.25) is 0 Å². The maximum Gasteiger partial charge on any atom is 0.175 e. The second kappa shape index (κ2) is 3.10. The van der Waals surface area contributed by atoms with Gasteiger partial charge in [-0.1, -0.05) is 31.9 Å². The highest BCUT2D eigenvalue weighted by molar-refractivity contribution is 9.12. The van der Waals surface area contributed by atoms with E-state index in [9.17, 15) is 5.11 Å². The average Bonchev–Trinajstić information content (AvgIpc) is 1.84. The fourth-order valence-electron chi connectivity index (χ4n) is 0.851. The number of allylic oxidation sites excluding steroid dienone is 2. The van der Waals surface area contributed by atoms with Crippen LogP contribution in [0.15, 0.2) is 21.1 Å². The van der Waals surface area contributed by atoms with E-state index in [1.807, 2.05) is 12.1 Å². The molecule has 0 amide bonds. The smallest absolute Gasteiger partial charge is 0.175 e. The summed E-state index contributed by atoms with van der Waals surface area (Å²) >= 11 is 6.41. The van der Waals surface area contributed by atoms with Crippen LogP contribution in [0.1, 0.15) is 6.42 Å². The van der Waals surface area contributed by atoms with Crippen LogP contribution in [0.4, 0.5) is 0 Å². The van der Waals surface area contributed by atoms with Gasteiger partial charge in [-0.2, -0.15) is 5.26 Å². The lowest BCUT2D eigenvalue weighted by molar-refractivity contribution is 0.152. The monoisotopic (exact) mass is 277 g/mol. The Labute approximate surface area is 81.5 Å². The maximum atomic E-state index is 9.48. The first-order valence-electron chi connectivity index (χ1n) is 2.94. The normalized spacial score (nSPS) is 30.4. The molecule has 1 unspecified atom stereocenters. The summed E-state index contributed by atoms with van der Waals surface area (Å²) in [5.74, 6) is 0. The molecule has 0 radical (unpaired) electrons. The minimum absolute atomic E-state index is 0.318. The molecule has 0 aromatic heterocycles. The van der Waals surface area contributed by atoms with Gasteiger partial charge in [0.25, 0.3) is 0 Å². The van der Waals surface area contributed by atoms with Crippen LogP contribution in [-0.2, 0) is 0 Å². The molecule has 0 aromatic carbocycles. The molecule has 2 nitrogen and oxygen atoms in total. The first-order chi connectivity index (χ1) is 5.06. The van der Waals surface area contributed by atoms with Crippen molar-refractivity contribution < 1.29 is 5.11 Å². The predicted molar refractivity (Wildman–Crippen MR) is 49.2 cm³/mol. The predicted octanol–water partition coefficient (Wildman–Crippen LogP) is 2.20. The Morgan fingerprint density at radius 3 is 2.73 bits per heavy atom. The summed E-state index contributed by atoms with van der Waals surface area (Å²) in [5, 5.41) is 18.1. The molecule has 0 spiro atoms. The van der Waals surface area contributed by atoms with Gasteiger partial charge in [-0.25, -0.2) is 0 Å². The molecule has 1 atom stereocenters. The molecule has 0 aromatic rings. The molecule has 1 aliphatic carbocycles. The zero-order valence-electron chi connectivity index (χ0n) is 5.51. The third kappa shape index (κ3) is 2.16. The number of nitrogens with zero attached hydrogens (tertiary/aromatic N) is 1. The summed E-state index contributed by atoms with van der Waals surface area (Å²) in [6.45, 7) is 0. The fraction of sp³-hybridized carbons (Fsp3) is 0.286. The van der Waals surface area contributed by atoms with E-state index in [2.05, 4.69) is 31.9 Å². The van der Waals surface area contributed by atoms with E-state index in [1.54, 1.807) is 0 Å². The number of hydrogen-bond donors (Lipinski definition) is 1. The van der Waals surface area contributed by atoms with Gasteiger partial charge in [-0.3, -0.25) is 0 Å². The van der Waals surface area contributed by atoms with Crippen LogP contribution in [0.3, 0.4) is 0 Å². The van der Waals surface area contributed by atoms with Gasteiger partial charge in [0.1, 0.15) is 6.07 Å². The van der Waals surface area contributed by atoms with Crippen molar-refractivity contribution in [3.05, 3.63) is 21.1 Å². The molecule has 0 bridgehead atoms. The quantitative estimate of drug-likeness (QED) is 0.691. The second-order valence-electron chi connectivity index (χ2n) is 2.33. The molecular weight excluding hydrogens is 274 g/mol. The highest BCUT2D eigenvalue weighted by atomic mass is 79.9. The Morgan fingerprint density at radius 1 is 1.64 bits per heavy atom. The summed E-state index contributed by atoms with van der Waals surface area (Å²) in [6, 6.07) is 1.82. The van der Waals surface area contributed by atoms with E-state index >= 15 is 0 Å². The summed E-state index contributed by atoms with van der Waals surface area (Å²) in [5.41, 5.74) is -1.35. The third-order valence-electron chi connectivity index (χ3n) is 1.30. The van der Waals surface area contributed by atoms with Gasteiger partial charge >= 0.3 is 0 Å². The van der Waals surface area contributed by atoms with Crippen molar-refractivity contribution in [3.63, 3.8) is 0 Å². The van der Waals surface area contributed by atoms with Gasteiger partial charge < -0.3 is 5.11 Å². The number of aliphatic hydroxyl groups is 1. The first kappa shape index (κ1) is 8.98. The van der Waals surface area contributed by atoms with Crippen LogP contribution >= 0.6 is 31.9 Å². The number of halogens is 2. The van der Waals surface area contributed by atoms with E-state index in [4.69, 9.17) is 5.26 Å². The zero-order chi connectivity index (χ0) is 8.48. The second-order valence-corrected chi connectivity index (χ2v) is 4.27. The molecule has 1 aliphatic rings. The first-order valence-corrected chi connectivity index (χ1v) is 4.52. The Kier molecular flexibility index (Phi) is 2.53. The molecule has 0 saturated heterocycles. The van der Waals surface area contributed by atoms with Crippen LogP contribution in [0.25, 0.3) is 0 Å². The van der Waals surface area contributed by atoms with Crippen LogP contribution < -0.4 is 0 Å². The molecule has 11 heavy (non-hydrogen) atoms. The fourth-order valence-corrected chi connectivity index (χ4v) is 2.49. The van der Waals surface area contributed by atoms with E-state index < -0.39 is 5.60 Å². The molecule has 0 heterocycles. The van der Waals surface area contributed by atoms with Crippen molar-refractivity contribution in [2.45, 2.75) is 12.0 Å². The van der Waals surface area contributed by atoms with Crippen molar-refractivity contribution in [2.24, 2.45) is 0 Å². The molecule has 1 rings (SSSR count). The molecular formula is C7H5Br2NO.